The van der Waals surface area contributed by atoms with Gasteiger partial charge in [-0.3, -0.25) is 0 Å². The van der Waals surface area contributed by atoms with Crippen LogP contribution >= 0.6 is 12.2 Å². The van der Waals surface area contributed by atoms with Gasteiger partial charge in [0.25, 0.3) is 0 Å². The van der Waals surface area contributed by atoms with Crippen LogP contribution in [0.15, 0.2) is 59.7 Å². The summed E-state index contributed by atoms with van der Waals surface area (Å²) in [4.78, 5) is 2.12. The van der Waals surface area contributed by atoms with E-state index < -0.39 is 0 Å². The van der Waals surface area contributed by atoms with Gasteiger partial charge in [-0.15, -0.1) is 0 Å². The van der Waals surface area contributed by atoms with Crippen molar-refractivity contribution in [3.05, 3.63) is 65.3 Å². The lowest BCUT2D eigenvalue weighted by Crippen LogP contribution is -2.33. The first-order chi connectivity index (χ1) is 10.5. The molecule has 0 spiro atoms. The van der Waals surface area contributed by atoms with E-state index in [1.165, 1.54) is 16.7 Å². The number of nitrogens with one attached hydrogen (secondary N) is 1. The molecular formula is C18H22N2OS. The van der Waals surface area contributed by atoms with Crippen LogP contribution in [0.5, 0.6) is 0 Å². The van der Waals surface area contributed by atoms with Crippen molar-refractivity contribution >= 4 is 23.0 Å². The van der Waals surface area contributed by atoms with E-state index in [2.05, 4.69) is 42.8 Å². The zero-order chi connectivity index (χ0) is 16.1. The highest BCUT2D eigenvalue weighted by molar-refractivity contribution is 7.80. The Balaban J connectivity index is 2.01. The monoisotopic (exact) mass is 314 g/mol. The van der Waals surface area contributed by atoms with Gasteiger partial charge in [0.2, 0.25) is 0 Å². The molecule has 0 saturated carbocycles. The van der Waals surface area contributed by atoms with Crippen molar-refractivity contribution in [2.24, 2.45) is 0 Å². The lowest BCUT2D eigenvalue weighted by molar-refractivity contribution is 0.335. The van der Waals surface area contributed by atoms with Crippen LogP contribution in [0.2, 0.25) is 0 Å². The molecule has 0 aromatic heterocycles. The molecule has 4 heteroatoms. The van der Waals surface area contributed by atoms with Crippen molar-refractivity contribution < 1.29 is 5.11 Å². The first-order valence-corrected chi connectivity index (χ1v) is 7.69. The zero-order valence-electron chi connectivity index (χ0n) is 13.1. The molecule has 0 bridgehead atoms. The summed E-state index contributed by atoms with van der Waals surface area (Å²) in [7, 11) is 0. The normalized spacial score (nSPS) is 15.2. The van der Waals surface area contributed by atoms with E-state index in [1.807, 2.05) is 18.2 Å². The predicted octanol–water partition coefficient (Wildman–Crippen LogP) is 3.43. The van der Waals surface area contributed by atoms with Crippen LogP contribution in [0.4, 0.5) is 5.69 Å². The Morgan fingerprint density at radius 2 is 2.00 bits per heavy atom. The molecule has 0 amide bonds. The molecule has 0 aliphatic carbocycles. The maximum absolute atomic E-state index is 9.25. The molecular weight excluding hydrogens is 292 g/mol. The number of anilines is 1. The number of aliphatic hydroxyl groups excluding tert-OH is 1. The molecule has 3 nitrogen and oxygen atoms in total. The Kier molecular flexibility index (Phi) is 5.52. The average Bonchev–Trinajstić information content (AvgIpc) is 2.88. The van der Waals surface area contributed by atoms with Crippen molar-refractivity contribution in [1.82, 2.24) is 4.90 Å². The molecule has 0 saturated heterocycles. The Labute approximate surface area is 137 Å². The summed E-state index contributed by atoms with van der Waals surface area (Å²) in [5.41, 5.74) is 5.51. The molecule has 1 aromatic carbocycles. The maximum Gasteiger partial charge on any atom is 0.174 e. The molecule has 0 unspecified atom stereocenters. The number of rotatable bonds is 4. The first-order valence-electron chi connectivity index (χ1n) is 7.28. The van der Waals surface area contributed by atoms with Gasteiger partial charge in [0.15, 0.2) is 5.11 Å². The lowest BCUT2D eigenvalue weighted by Gasteiger charge is -2.20. The Morgan fingerprint density at radius 3 is 2.59 bits per heavy atom. The predicted molar refractivity (Wildman–Crippen MR) is 97.0 cm³/mol. The standard InChI is InChI=1S/C18H22N2OS/c1-4-15(12-21)9-16-11-20(10-14(16)3)18(22)19-17-7-5-13(2)6-8-17/h4-9,21H,1,10-12H2,2-3H3,(H,19,22)/b15-9+. The minimum atomic E-state index is 0.00629. The third-order valence-electron chi connectivity index (χ3n) is 3.73. The van der Waals surface area contributed by atoms with Gasteiger partial charge in [-0.1, -0.05) is 36.4 Å². The molecule has 22 heavy (non-hydrogen) atoms. The molecule has 1 aliphatic rings. The van der Waals surface area contributed by atoms with Crippen molar-refractivity contribution in [3.63, 3.8) is 0 Å². The topological polar surface area (TPSA) is 35.5 Å². The Morgan fingerprint density at radius 1 is 1.32 bits per heavy atom. The lowest BCUT2D eigenvalue weighted by atomic mass is 10.1. The number of thiocarbonyl (C=S) groups is 1. The number of hydrogen-bond acceptors (Lipinski definition) is 2. The van der Waals surface area contributed by atoms with Crippen molar-refractivity contribution in [1.29, 1.82) is 0 Å². The molecule has 1 aromatic rings. The largest absolute Gasteiger partial charge is 0.392 e. The third-order valence-corrected chi connectivity index (χ3v) is 4.09. The summed E-state index contributed by atoms with van der Waals surface area (Å²) in [6, 6.07) is 8.18. The molecule has 1 heterocycles. The maximum atomic E-state index is 9.25. The molecule has 0 radical (unpaired) electrons. The minimum Gasteiger partial charge on any atom is -0.392 e. The van der Waals surface area contributed by atoms with Crippen LogP contribution in [0.25, 0.3) is 0 Å². The summed E-state index contributed by atoms with van der Waals surface area (Å²) < 4.78 is 0. The molecule has 2 N–H and O–H groups in total. The summed E-state index contributed by atoms with van der Waals surface area (Å²) in [6.45, 7) is 9.43. The van der Waals surface area contributed by atoms with Gasteiger partial charge in [-0.05, 0) is 54.9 Å². The average molecular weight is 314 g/mol. The molecule has 2 rings (SSSR count). The van der Waals surface area contributed by atoms with Crippen molar-refractivity contribution in [2.75, 3.05) is 25.0 Å². The molecule has 0 atom stereocenters. The molecule has 1 aliphatic heterocycles. The summed E-state index contributed by atoms with van der Waals surface area (Å²) in [6.07, 6.45) is 3.68. The molecule has 0 fully saturated rings. The smallest absolute Gasteiger partial charge is 0.174 e. The first kappa shape index (κ1) is 16.5. The number of aliphatic hydroxyl groups is 1. The van der Waals surface area contributed by atoms with E-state index in [4.69, 9.17) is 12.2 Å². The Bertz CT molecular complexity index is 629. The van der Waals surface area contributed by atoms with E-state index in [0.29, 0.717) is 0 Å². The second-order valence-corrected chi connectivity index (χ2v) is 5.93. The molecule has 116 valence electrons. The highest BCUT2D eigenvalue weighted by atomic mass is 32.1. The van der Waals surface area contributed by atoms with E-state index in [9.17, 15) is 5.11 Å². The van der Waals surface area contributed by atoms with Crippen LogP contribution in [0, 0.1) is 6.92 Å². The highest BCUT2D eigenvalue weighted by Crippen LogP contribution is 2.21. The van der Waals surface area contributed by atoms with Crippen molar-refractivity contribution in [2.45, 2.75) is 13.8 Å². The highest BCUT2D eigenvalue weighted by Gasteiger charge is 2.20. The summed E-state index contributed by atoms with van der Waals surface area (Å²) >= 11 is 5.50. The number of aryl methyl sites for hydroxylation is 1. The van der Waals surface area contributed by atoms with Gasteiger partial charge < -0.3 is 15.3 Å². The van der Waals surface area contributed by atoms with E-state index in [1.54, 1.807) is 6.08 Å². The van der Waals surface area contributed by atoms with Crippen LogP contribution in [0.3, 0.4) is 0 Å². The Hall–Kier alpha value is -1.91. The van der Waals surface area contributed by atoms with Crippen LogP contribution in [0.1, 0.15) is 12.5 Å². The number of benzene rings is 1. The van der Waals surface area contributed by atoms with Crippen LogP contribution in [-0.2, 0) is 0 Å². The van der Waals surface area contributed by atoms with Gasteiger partial charge in [0.05, 0.1) is 6.61 Å². The zero-order valence-corrected chi connectivity index (χ0v) is 13.9. The van der Waals surface area contributed by atoms with E-state index in [-0.39, 0.29) is 6.61 Å². The van der Waals surface area contributed by atoms with Crippen LogP contribution < -0.4 is 5.32 Å². The van der Waals surface area contributed by atoms with Gasteiger partial charge >= 0.3 is 0 Å². The second kappa shape index (κ2) is 7.38. The van der Waals surface area contributed by atoms with Gasteiger partial charge in [-0.25, -0.2) is 0 Å². The van der Waals surface area contributed by atoms with Gasteiger partial charge in [0.1, 0.15) is 0 Å². The fourth-order valence-corrected chi connectivity index (χ4v) is 2.58. The summed E-state index contributed by atoms with van der Waals surface area (Å²) in [5, 5.41) is 13.2. The number of hydrogen-bond donors (Lipinski definition) is 2. The summed E-state index contributed by atoms with van der Waals surface area (Å²) in [5.74, 6) is 0. The van der Waals surface area contributed by atoms with Gasteiger partial charge in [-0.2, -0.15) is 0 Å². The fraction of sp³-hybridized carbons (Fsp3) is 0.278. The minimum absolute atomic E-state index is 0.00629. The van der Waals surface area contributed by atoms with E-state index >= 15 is 0 Å². The second-order valence-electron chi connectivity index (χ2n) is 5.54. The fourth-order valence-electron chi connectivity index (χ4n) is 2.33. The van der Waals surface area contributed by atoms with Gasteiger partial charge in [0, 0.05) is 18.8 Å². The SMILES string of the molecule is C=C/C(=C\C1=C(C)CN(C(=S)Nc2ccc(C)cc2)C1)CO. The number of nitrogens with zero attached hydrogens (tertiary/aromatic N) is 1. The third kappa shape index (κ3) is 4.06. The van der Waals surface area contributed by atoms with Crippen LogP contribution in [-0.4, -0.2) is 34.8 Å². The van der Waals surface area contributed by atoms with Crippen molar-refractivity contribution in [3.8, 4) is 0 Å². The van der Waals surface area contributed by atoms with E-state index in [0.717, 1.165) is 29.5 Å². The quantitative estimate of drug-likeness (QED) is 0.659.